The topological polar surface area (TPSA) is 38.8 Å². The summed E-state index contributed by atoms with van der Waals surface area (Å²) >= 11 is 0. The lowest BCUT2D eigenvalue weighted by molar-refractivity contribution is 0.862. The van der Waals surface area contributed by atoms with E-state index in [2.05, 4.69) is 35.7 Å². The third kappa shape index (κ3) is 1.87. The number of benzene rings is 1. The molecule has 1 aromatic carbocycles. The summed E-state index contributed by atoms with van der Waals surface area (Å²) in [6, 6.07) is 4.20. The Bertz CT molecular complexity index is 383. The number of hydrogen-bond donors (Lipinski definition) is 0. The van der Waals surface area contributed by atoms with Crippen molar-refractivity contribution in [2.45, 2.75) is 39.5 Å². The molecule has 0 spiro atoms. The van der Waals surface area contributed by atoms with Gasteiger partial charge in [0, 0.05) is 0 Å². The largest absolute Gasteiger partial charge is 0.128 e. The van der Waals surface area contributed by atoms with Crippen LogP contribution in [-0.2, 0) is 12.8 Å². The van der Waals surface area contributed by atoms with E-state index in [1.54, 1.807) is 0 Å². The highest BCUT2D eigenvalue weighted by molar-refractivity contribution is 5.68. The molecule has 1 radical (unpaired) electrons. The lowest BCUT2D eigenvalue weighted by atomic mass is 9.97. The summed E-state index contributed by atoms with van der Waals surface area (Å²) in [5, 5.41) is 7.86. The Labute approximate surface area is 90.6 Å². The summed E-state index contributed by atoms with van der Waals surface area (Å²) in [7, 11) is 0. The van der Waals surface area contributed by atoms with Gasteiger partial charge in [0.15, 0.2) is 0 Å². The van der Waals surface area contributed by atoms with Gasteiger partial charge in [-0.05, 0) is 35.3 Å². The van der Waals surface area contributed by atoms with Crippen molar-refractivity contribution in [1.82, 2.24) is 5.43 Å². The number of nitrogens with zero attached hydrogens (tertiary/aromatic N) is 3. The third-order valence-corrected chi connectivity index (χ3v) is 2.67. The van der Waals surface area contributed by atoms with Gasteiger partial charge in [0.25, 0.3) is 0 Å². The van der Waals surface area contributed by atoms with Crippen molar-refractivity contribution < 1.29 is 0 Å². The van der Waals surface area contributed by atoms with E-state index in [0.29, 0.717) is 0 Å². The summed E-state index contributed by atoms with van der Waals surface area (Å²) in [6.45, 7) is 4.40. The number of hydrogen-bond acceptors (Lipinski definition) is 2. The lowest BCUT2D eigenvalue weighted by Crippen LogP contribution is -1.95. The van der Waals surface area contributed by atoms with Gasteiger partial charge < -0.3 is 0 Å². The van der Waals surface area contributed by atoms with E-state index >= 15 is 0 Å². The Morgan fingerprint density at radius 3 is 2.60 bits per heavy atom. The summed E-state index contributed by atoms with van der Waals surface area (Å²) in [4.78, 5) is 0. The monoisotopic (exact) mass is 202 g/mol. The second-order valence-electron chi connectivity index (χ2n) is 3.86. The van der Waals surface area contributed by atoms with E-state index < -0.39 is 0 Å². The molecule has 1 aliphatic rings. The molecule has 1 aromatic rings. The first-order chi connectivity index (χ1) is 7.36. The first kappa shape index (κ1) is 10.1. The summed E-state index contributed by atoms with van der Waals surface area (Å²) in [5.74, 6) is 0. The zero-order chi connectivity index (χ0) is 10.7. The van der Waals surface area contributed by atoms with Gasteiger partial charge >= 0.3 is 0 Å². The predicted molar refractivity (Wildman–Crippen MR) is 60.7 cm³/mol. The van der Waals surface area contributed by atoms with E-state index in [9.17, 15) is 0 Å². The molecule has 0 aromatic heterocycles. The summed E-state index contributed by atoms with van der Waals surface area (Å²) in [6.07, 6.45) is 4.51. The molecule has 3 nitrogen and oxygen atoms in total. The van der Waals surface area contributed by atoms with Crippen molar-refractivity contribution in [2.24, 2.45) is 10.3 Å². The Morgan fingerprint density at radius 2 is 1.87 bits per heavy atom. The highest BCUT2D eigenvalue weighted by atomic mass is 15.5. The van der Waals surface area contributed by atoms with Crippen molar-refractivity contribution in [2.75, 3.05) is 0 Å². The normalized spacial score (nSPS) is 12.7. The molecule has 3 heteroatoms. The molecule has 1 heterocycles. The number of rotatable bonds is 4. The molecular weight excluding hydrogens is 186 g/mol. The van der Waals surface area contributed by atoms with Crippen molar-refractivity contribution in [3.05, 3.63) is 23.3 Å². The molecule has 1 aliphatic heterocycles. The molecule has 0 unspecified atom stereocenters. The fraction of sp³-hybridized carbons (Fsp3) is 0.500. The van der Waals surface area contributed by atoms with Gasteiger partial charge in [0.2, 0.25) is 0 Å². The summed E-state index contributed by atoms with van der Waals surface area (Å²) in [5.41, 5.74) is 8.69. The maximum Gasteiger partial charge on any atom is 0.119 e. The smallest absolute Gasteiger partial charge is 0.119 e. The number of aryl methyl sites for hydroxylation is 1. The molecule has 0 saturated heterocycles. The maximum absolute atomic E-state index is 4.12. The number of fused-ring (bicyclic) bond motifs is 1. The first-order valence-electron chi connectivity index (χ1n) is 5.63. The fourth-order valence-electron chi connectivity index (χ4n) is 2.01. The van der Waals surface area contributed by atoms with Crippen LogP contribution >= 0.6 is 0 Å². The van der Waals surface area contributed by atoms with Crippen LogP contribution in [0, 0.1) is 0 Å². The van der Waals surface area contributed by atoms with Crippen LogP contribution in [0.15, 0.2) is 22.5 Å². The molecule has 15 heavy (non-hydrogen) atoms. The van der Waals surface area contributed by atoms with Crippen molar-refractivity contribution >= 4 is 11.4 Å². The molecule has 79 valence electrons. The van der Waals surface area contributed by atoms with Crippen LogP contribution in [0.4, 0.5) is 11.4 Å². The van der Waals surface area contributed by atoms with Crippen LogP contribution in [0.2, 0.25) is 0 Å². The van der Waals surface area contributed by atoms with Crippen LogP contribution in [0.3, 0.4) is 0 Å². The predicted octanol–water partition coefficient (Wildman–Crippen LogP) is 3.84. The standard InChI is InChI=1S/C12H16N3/c1-3-5-9-7-8-11-12(14-15-13-11)10(9)6-4-2/h7-8H,3-6H2,1-2H3. The first-order valence-corrected chi connectivity index (χ1v) is 5.63. The van der Waals surface area contributed by atoms with Crippen LogP contribution in [0.5, 0.6) is 0 Å². The third-order valence-electron chi connectivity index (χ3n) is 2.67. The molecule has 2 rings (SSSR count). The minimum Gasteiger partial charge on any atom is -0.128 e. The second kappa shape index (κ2) is 4.43. The van der Waals surface area contributed by atoms with Gasteiger partial charge in [-0.2, -0.15) is 0 Å². The lowest BCUT2D eigenvalue weighted by Gasteiger charge is -2.10. The molecule has 0 bridgehead atoms. The highest BCUT2D eigenvalue weighted by Crippen LogP contribution is 2.37. The molecule has 0 amide bonds. The van der Waals surface area contributed by atoms with Gasteiger partial charge in [0.1, 0.15) is 11.4 Å². The van der Waals surface area contributed by atoms with Crippen molar-refractivity contribution in [3.8, 4) is 0 Å². The molecule has 0 N–H and O–H groups in total. The molecule has 0 fully saturated rings. The Hall–Kier alpha value is -1.38. The second-order valence-corrected chi connectivity index (χ2v) is 3.86. The molecule has 0 aliphatic carbocycles. The van der Waals surface area contributed by atoms with Crippen LogP contribution in [-0.4, -0.2) is 0 Å². The average Bonchev–Trinajstić information content (AvgIpc) is 2.70. The molecule has 0 saturated carbocycles. The van der Waals surface area contributed by atoms with Gasteiger partial charge in [-0.15, -0.1) is 10.5 Å². The Kier molecular flexibility index (Phi) is 2.99. The Balaban J connectivity index is 2.42. The Morgan fingerprint density at radius 1 is 1.07 bits per heavy atom. The van der Waals surface area contributed by atoms with E-state index in [-0.39, 0.29) is 0 Å². The van der Waals surface area contributed by atoms with Crippen molar-refractivity contribution in [1.29, 1.82) is 0 Å². The highest BCUT2D eigenvalue weighted by Gasteiger charge is 2.16. The SMILES string of the molecule is CCCc1ccc2c(c1CCC)N=N[N]2. The van der Waals surface area contributed by atoms with E-state index in [1.807, 2.05) is 6.07 Å². The van der Waals surface area contributed by atoms with Crippen LogP contribution < -0.4 is 5.43 Å². The summed E-state index contributed by atoms with van der Waals surface area (Å²) < 4.78 is 0. The zero-order valence-electron chi connectivity index (χ0n) is 9.32. The molecule has 0 atom stereocenters. The van der Waals surface area contributed by atoms with E-state index in [1.165, 1.54) is 17.5 Å². The van der Waals surface area contributed by atoms with Gasteiger partial charge in [0.05, 0.1) is 0 Å². The van der Waals surface area contributed by atoms with E-state index in [0.717, 1.165) is 30.6 Å². The minimum atomic E-state index is 0.929. The van der Waals surface area contributed by atoms with E-state index in [4.69, 9.17) is 0 Å². The van der Waals surface area contributed by atoms with Crippen LogP contribution in [0.25, 0.3) is 0 Å². The zero-order valence-corrected chi connectivity index (χ0v) is 9.32. The minimum absolute atomic E-state index is 0.929. The van der Waals surface area contributed by atoms with Gasteiger partial charge in [-0.1, -0.05) is 32.8 Å². The maximum atomic E-state index is 4.12. The fourth-order valence-corrected chi connectivity index (χ4v) is 2.01. The van der Waals surface area contributed by atoms with Gasteiger partial charge in [-0.3, -0.25) is 0 Å². The average molecular weight is 202 g/mol. The van der Waals surface area contributed by atoms with Crippen molar-refractivity contribution in [3.63, 3.8) is 0 Å². The van der Waals surface area contributed by atoms with Gasteiger partial charge in [-0.25, -0.2) is 0 Å². The quantitative estimate of drug-likeness (QED) is 0.711. The molecular formula is C12H16N3. The van der Waals surface area contributed by atoms with Crippen LogP contribution in [0.1, 0.15) is 37.8 Å².